The Labute approximate surface area is 99.9 Å². The summed E-state index contributed by atoms with van der Waals surface area (Å²) >= 11 is 0. The van der Waals surface area contributed by atoms with E-state index in [1.807, 2.05) is 0 Å². The molecule has 0 aromatic rings. The number of ether oxygens (including phenoxy) is 2. The van der Waals surface area contributed by atoms with Gasteiger partial charge in [0.15, 0.2) is 0 Å². The Morgan fingerprint density at radius 3 is 2.56 bits per heavy atom. The van der Waals surface area contributed by atoms with E-state index in [9.17, 15) is 0 Å². The van der Waals surface area contributed by atoms with Crippen LogP contribution in [0.1, 0.15) is 47.0 Å². The monoisotopic (exact) mass is 229 g/mol. The molecule has 1 saturated heterocycles. The normalized spacial score (nSPS) is 21.0. The first-order valence-corrected chi connectivity index (χ1v) is 6.52. The van der Waals surface area contributed by atoms with Gasteiger partial charge in [0.2, 0.25) is 0 Å². The van der Waals surface area contributed by atoms with Crippen molar-refractivity contribution in [1.29, 1.82) is 0 Å². The Balaban J connectivity index is 2.17. The maximum absolute atomic E-state index is 5.99. The van der Waals surface area contributed by atoms with Gasteiger partial charge >= 0.3 is 0 Å². The summed E-state index contributed by atoms with van der Waals surface area (Å²) in [6.45, 7) is 11.4. The van der Waals surface area contributed by atoms with Crippen molar-refractivity contribution in [2.75, 3.05) is 19.8 Å². The average Bonchev–Trinajstić information content (AvgIpc) is 2.28. The Bertz CT molecular complexity index is 188. The lowest BCUT2D eigenvalue weighted by Crippen LogP contribution is -2.43. The summed E-state index contributed by atoms with van der Waals surface area (Å²) in [5.41, 5.74) is 0.216. The fraction of sp³-hybridized carbons (Fsp3) is 1.00. The molecule has 3 heteroatoms. The highest BCUT2D eigenvalue weighted by atomic mass is 16.5. The highest BCUT2D eigenvalue weighted by Crippen LogP contribution is 2.13. The molecular formula is C13H27NO2. The van der Waals surface area contributed by atoms with Gasteiger partial charge in [-0.05, 0) is 40.0 Å². The van der Waals surface area contributed by atoms with Gasteiger partial charge in [0.05, 0.1) is 12.2 Å². The average molecular weight is 229 g/mol. The third-order valence-electron chi connectivity index (χ3n) is 3.35. The largest absolute Gasteiger partial charge is 0.381 e. The van der Waals surface area contributed by atoms with Crippen LogP contribution in [0.4, 0.5) is 0 Å². The number of hydrogen-bond acceptors (Lipinski definition) is 3. The van der Waals surface area contributed by atoms with Crippen molar-refractivity contribution in [2.24, 2.45) is 0 Å². The van der Waals surface area contributed by atoms with Crippen LogP contribution in [0.2, 0.25) is 0 Å². The smallest absolute Gasteiger partial charge is 0.0675 e. The quantitative estimate of drug-likeness (QED) is 0.758. The highest BCUT2D eigenvalue weighted by Gasteiger charge is 2.19. The van der Waals surface area contributed by atoms with Gasteiger partial charge in [-0.1, -0.05) is 6.92 Å². The van der Waals surface area contributed by atoms with Gasteiger partial charge in [-0.15, -0.1) is 0 Å². The van der Waals surface area contributed by atoms with Crippen molar-refractivity contribution < 1.29 is 9.47 Å². The predicted octanol–water partition coefficient (Wildman–Crippen LogP) is 2.35. The standard InChI is InChI=1S/C13H27NO2/c1-5-13(3,4)14-10-11(2)16-12-6-8-15-9-7-12/h11-12,14H,5-10H2,1-4H3. The molecule has 1 heterocycles. The molecule has 0 aliphatic carbocycles. The molecule has 3 nitrogen and oxygen atoms in total. The van der Waals surface area contributed by atoms with E-state index in [4.69, 9.17) is 9.47 Å². The summed E-state index contributed by atoms with van der Waals surface area (Å²) in [4.78, 5) is 0. The van der Waals surface area contributed by atoms with Gasteiger partial charge in [0.1, 0.15) is 0 Å². The zero-order valence-corrected chi connectivity index (χ0v) is 11.2. The molecule has 1 rings (SSSR count). The minimum Gasteiger partial charge on any atom is -0.381 e. The zero-order chi connectivity index (χ0) is 12.0. The second-order valence-electron chi connectivity index (χ2n) is 5.38. The number of nitrogens with one attached hydrogen (secondary N) is 1. The van der Waals surface area contributed by atoms with Crippen LogP contribution in [0.15, 0.2) is 0 Å². The molecule has 1 aliphatic heterocycles. The molecule has 0 amide bonds. The van der Waals surface area contributed by atoms with E-state index in [0.29, 0.717) is 6.10 Å². The SMILES string of the molecule is CCC(C)(C)NCC(C)OC1CCOCC1. The van der Waals surface area contributed by atoms with Gasteiger partial charge in [-0.2, -0.15) is 0 Å². The second-order valence-corrected chi connectivity index (χ2v) is 5.38. The van der Waals surface area contributed by atoms with E-state index in [-0.39, 0.29) is 11.6 Å². The number of rotatable bonds is 6. The van der Waals surface area contributed by atoms with Crippen LogP contribution in [0.3, 0.4) is 0 Å². The molecule has 1 N–H and O–H groups in total. The van der Waals surface area contributed by atoms with E-state index < -0.39 is 0 Å². The summed E-state index contributed by atoms with van der Waals surface area (Å²) < 4.78 is 11.3. The van der Waals surface area contributed by atoms with Gasteiger partial charge < -0.3 is 14.8 Å². The molecule has 1 atom stereocenters. The molecule has 96 valence electrons. The first kappa shape index (κ1) is 13.9. The van der Waals surface area contributed by atoms with Gasteiger partial charge in [-0.3, -0.25) is 0 Å². The van der Waals surface area contributed by atoms with E-state index >= 15 is 0 Å². The number of hydrogen-bond donors (Lipinski definition) is 1. The van der Waals surface area contributed by atoms with E-state index in [2.05, 4.69) is 33.0 Å². The van der Waals surface area contributed by atoms with Crippen molar-refractivity contribution in [2.45, 2.75) is 64.7 Å². The molecule has 1 unspecified atom stereocenters. The molecule has 0 radical (unpaired) electrons. The van der Waals surface area contributed by atoms with E-state index in [1.54, 1.807) is 0 Å². The third-order valence-corrected chi connectivity index (χ3v) is 3.35. The van der Waals surface area contributed by atoms with Crippen molar-refractivity contribution >= 4 is 0 Å². The van der Waals surface area contributed by atoms with E-state index in [0.717, 1.165) is 39.0 Å². The van der Waals surface area contributed by atoms with Crippen LogP contribution in [-0.2, 0) is 9.47 Å². The Kier molecular flexibility index (Phi) is 5.73. The summed E-state index contributed by atoms with van der Waals surface area (Å²) in [6, 6.07) is 0. The summed E-state index contributed by atoms with van der Waals surface area (Å²) in [6.07, 6.45) is 3.91. The maximum Gasteiger partial charge on any atom is 0.0675 e. The third kappa shape index (κ3) is 5.28. The molecular weight excluding hydrogens is 202 g/mol. The fourth-order valence-corrected chi connectivity index (χ4v) is 1.73. The van der Waals surface area contributed by atoms with Crippen LogP contribution < -0.4 is 5.32 Å². The highest BCUT2D eigenvalue weighted by molar-refractivity contribution is 4.76. The molecule has 0 bridgehead atoms. The Hall–Kier alpha value is -0.120. The fourth-order valence-electron chi connectivity index (χ4n) is 1.73. The molecule has 0 aromatic carbocycles. The molecule has 0 saturated carbocycles. The predicted molar refractivity (Wildman–Crippen MR) is 66.8 cm³/mol. The van der Waals surface area contributed by atoms with Crippen molar-refractivity contribution in [3.63, 3.8) is 0 Å². The molecule has 0 aromatic heterocycles. The lowest BCUT2D eigenvalue weighted by atomic mass is 10.0. The molecule has 1 fully saturated rings. The van der Waals surface area contributed by atoms with Crippen LogP contribution >= 0.6 is 0 Å². The minimum absolute atomic E-state index is 0.216. The van der Waals surface area contributed by atoms with Gasteiger partial charge in [0, 0.05) is 25.3 Å². The molecule has 1 aliphatic rings. The van der Waals surface area contributed by atoms with Crippen molar-refractivity contribution in [3.05, 3.63) is 0 Å². The minimum atomic E-state index is 0.216. The summed E-state index contributed by atoms with van der Waals surface area (Å²) in [7, 11) is 0. The van der Waals surface area contributed by atoms with Crippen molar-refractivity contribution in [1.82, 2.24) is 5.32 Å². The summed E-state index contributed by atoms with van der Waals surface area (Å²) in [5, 5.41) is 3.54. The summed E-state index contributed by atoms with van der Waals surface area (Å²) in [5.74, 6) is 0. The molecule has 0 spiro atoms. The second kappa shape index (κ2) is 6.58. The van der Waals surface area contributed by atoms with Crippen LogP contribution in [0.25, 0.3) is 0 Å². The maximum atomic E-state index is 5.99. The first-order valence-electron chi connectivity index (χ1n) is 6.52. The van der Waals surface area contributed by atoms with Crippen molar-refractivity contribution in [3.8, 4) is 0 Å². The lowest BCUT2D eigenvalue weighted by Gasteiger charge is -2.30. The Morgan fingerprint density at radius 2 is 2.00 bits per heavy atom. The topological polar surface area (TPSA) is 30.5 Å². The van der Waals surface area contributed by atoms with Crippen LogP contribution in [0, 0.1) is 0 Å². The molecule has 16 heavy (non-hydrogen) atoms. The first-order chi connectivity index (χ1) is 7.53. The van der Waals surface area contributed by atoms with E-state index in [1.165, 1.54) is 0 Å². The Morgan fingerprint density at radius 1 is 1.38 bits per heavy atom. The lowest BCUT2D eigenvalue weighted by molar-refractivity contribution is -0.0626. The van der Waals surface area contributed by atoms with Crippen LogP contribution in [0.5, 0.6) is 0 Å². The van der Waals surface area contributed by atoms with Crippen LogP contribution in [-0.4, -0.2) is 37.5 Å². The van der Waals surface area contributed by atoms with Gasteiger partial charge in [0.25, 0.3) is 0 Å². The zero-order valence-electron chi connectivity index (χ0n) is 11.2. The van der Waals surface area contributed by atoms with Gasteiger partial charge in [-0.25, -0.2) is 0 Å².